The van der Waals surface area contributed by atoms with E-state index in [9.17, 15) is 0 Å². The Hall–Kier alpha value is 0.0969. The van der Waals surface area contributed by atoms with Crippen molar-refractivity contribution < 1.29 is 14.2 Å². The SMILES string of the molecule is CCCCCC[Si](COCC)(COCC)COCC. The smallest absolute Gasteiger partial charge is 0.140 e. The molecule has 0 saturated carbocycles. The van der Waals surface area contributed by atoms with Gasteiger partial charge in [0.2, 0.25) is 0 Å². The van der Waals surface area contributed by atoms with Gasteiger partial charge in [-0.05, 0) is 20.8 Å². The van der Waals surface area contributed by atoms with Crippen LogP contribution < -0.4 is 0 Å². The molecule has 4 heteroatoms. The Balaban J connectivity index is 4.38. The van der Waals surface area contributed by atoms with Crippen molar-refractivity contribution in [1.82, 2.24) is 0 Å². The molecule has 0 aromatic heterocycles. The van der Waals surface area contributed by atoms with E-state index >= 15 is 0 Å². The molecule has 0 spiro atoms. The average molecular weight is 291 g/mol. The highest BCUT2D eigenvalue weighted by molar-refractivity contribution is 6.79. The monoisotopic (exact) mass is 290 g/mol. The number of rotatable bonds is 14. The standard InChI is InChI=1S/C15H34O3Si/c1-5-9-10-11-12-19(13-16-6-2,14-17-7-3)15-18-8-4/h5-15H2,1-4H3. The summed E-state index contributed by atoms with van der Waals surface area (Å²) in [5, 5.41) is 0. The molecular weight excluding hydrogens is 256 g/mol. The molecule has 0 radical (unpaired) electrons. The number of hydrogen-bond donors (Lipinski definition) is 0. The Kier molecular flexibility index (Phi) is 13.2. The summed E-state index contributed by atoms with van der Waals surface area (Å²) in [6.45, 7) is 10.8. The van der Waals surface area contributed by atoms with Crippen LogP contribution in [0.5, 0.6) is 0 Å². The van der Waals surface area contributed by atoms with E-state index in [1.54, 1.807) is 0 Å². The van der Waals surface area contributed by atoms with E-state index in [4.69, 9.17) is 14.2 Å². The zero-order valence-electron chi connectivity index (χ0n) is 13.5. The van der Waals surface area contributed by atoms with Crippen LogP contribution in [0.1, 0.15) is 53.4 Å². The second-order valence-electron chi connectivity index (χ2n) is 5.22. The van der Waals surface area contributed by atoms with E-state index in [1.807, 2.05) is 0 Å². The van der Waals surface area contributed by atoms with E-state index in [0.717, 1.165) is 38.5 Å². The first-order valence-electron chi connectivity index (χ1n) is 7.97. The van der Waals surface area contributed by atoms with Gasteiger partial charge in [0.1, 0.15) is 8.07 Å². The maximum Gasteiger partial charge on any atom is 0.140 e. The summed E-state index contributed by atoms with van der Waals surface area (Å²) in [4.78, 5) is 0. The molecule has 0 heterocycles. The summed E-state index contributed by atoms with van der Waals surface area (Å²) in [6.07, 6.45) is 7.91. The second kappa shape index (κ2) is 13.1. The molecule has 0 saturated heterocycles. The van der Waals surface area contributed by atoms with Crippen molar-refractivity contribution in [3.8, 4) is 0 Å². The fourth-order valence-electron chi connectivity index (χ4n) is 2.22. The summed E-state index contributed by atoms with van der Waals surface area (Å²) < 4.78 is 17.3. The number of ether oxygens (including phenoxy) is 3. The first-order chi connectivity index (χ1) is 9.24. The Labute approximate surface area is 121 Å². The van der Waals surface area contributed by atoms with E-state index < -0.39 is 8.07 Å². The zero-order chi connectivity index (χ0) is 14.4. The predicted octanol–water partition coefficient (Wildman–Crippen LogP) is 3.74. The van der Waals surface area contributed by atoms with Crippen molar-refractivity contribution in [2.24, 2.45) is 0 Å². The Morgan fingerprint density at radius 2 is 1.11 bits per heavy atom. The Morgan fingerprint density at radius 3 is 1.47 bits per heavy atom. The maximum atomic E-state index is 5.75. The van der Waals surface area contributed by atoms with E-state index in [2.05, 4.69) is 27.7 Å². The Bertz CT molecular complexity index is 166. The van der Waals surface area contributed by atoms with Crippen molar-refractivity contribution in [1.29, 1.82) is 0 Å². The van der Waals surface area contributed by atoms with Crippen LogP contribution in [-0.2, 0) is 14.2 Å². The lowest BCUT2D eigenvalue weighted by atomic mass is 10.2. The van der Waals surface area contributed by atoms with Crippen molar-refractivity contribution in [2.45, 2.75) is 59.4 Å². The van der Waals surface area contributed by atoms with Gasteiger partial charge in [-0.2, -0.15) is 0 Å². The van der Waals surface area contributed by atoms with Crippen molar-refractivity contribution in [2.75, 3.05) is 38.5 Å². The molecule has 0 aromatic rings. The van der Waals surface area contributed by atoms with Gasteiger partial charge in [-0.25, -0.2) is 0 Å². The molecule has 0 unspecified atom stereocenters. The van der Waals surface area contributed by atoms with Crippen LogP contribution in [0.3, 0.4) is 0 Å². The molecule has 0 fully saturated rings. The molecule has 3 nitrogen and oxygen atoms in total. The van der Waals surface area contributed by atoms with Gasteiger partial charge >= 0.3 is 0 Å². The minimum Gasteiger partial charge on any atom is -0.385 e. The van der Waals surface area contributed by atoms with Crippen LogP contribution in [0.15, 0.2) is 0 Å². The summed E-state index contributed by atoms with van der Waals surface area (Å²) in [6, 6.07) is 1.27. The lowest BCUT2D eigenvalue weighted by Gasteiger charge is -2.30. The van der Waals surface area contributed by atoms with Crippen LogP contribution in [0.2, 0.25) is 6.04 Å². The molecule has 0 aliphatic carbocycles. The fraction of sp³-hybridized carbons (Fsp3) is 1.00. The third-order valence-corrected chi connectivity index (χ3v) is 7.26. The first-order valence-corrected chi connectivity index (χ1v) is 10.8. The van der Waals surface area contributed by atoms with Gasteiger partial charge in [0, 0.05) is 38.5 Å². The van der Waals surface area contributed by atoms with Gasteiger partial charge in [0.25, 0.3) is 0 Å². The van der Waals surface area contributed by atoms with E-state index in [1.165, 1.54) is 31.7 Å². The first kappa shape index (κ1) is 19.1. The highest BCUT2D eigenvalue weighted by atomic mass is 28.3. The highest BCUT2D eigenvalue weighted by Gasteiger charge is 2.34. The van der Waals surface area contributed by atoms with Crippen LogP contribution in [0.25, 0.3) is 0 Å². The average Bonchev–Trinajstić information content (AvgIpc) is 2.44. The van der Waals surface area contributed by atoms with Gasteiger partial charge in [-0.15, -0.1) is 0 Å². The summed E-state index contributed by atoms with van der Waals surface area (Å²) >= 11 is 0. The van der Waals surface area contributed by atoms with Gasteiger partial charge in [0.15, 0.2) is 0 Å². The Morgan fingerprint density at radius 1 is 0.632 bits per heavy atom. The van der Waals surface area contributed by atoms with E-state index in [0.29, 0.717) is 0 Å². The molecule has 0 rings (SSSR count). The van der Waals surface area contributed by atoms with Crippen LogP contribution >= 0.6 is 0 Å². The van der Waals surface area contributed by atoms with E-state index in [-0.39, 0.29) is 0 Å². The molecule has 0 bridgehead atoms. The third-order valence-electron chi connectivity index (χ3n) is 3.40. The summed E-state index contributed by atoms with van der Waals surface area (Å²) in [7, 11) is -1.58. The third kappa shape index (κ3) is 9.60. The molecule has 0 atom stereocenters. The largest absolute Gasteiger partial charge is 0.385 e. The van der Waals surface area contributed by atoms with Crippen molar-refractivity contribution in [3.63, 3.8) is 0 Å². The van der Waals surface area contributed by atoms with Gasteiger partial charge < -0.3 is 14.2 Å². The molecule has 0 N–H and O–H groups in total. The van der Waals surface area contributed by atoms with Crippen LogP contribution in [0.4, 0.5) is 0 Å². The van der Waals surface area contributed by atoms with Crippen LogP contribution in [0, 0.1) is 0 Å². The second-order valence-corrected chi connectivity index (χ2v) is 9.59. The lowest BCUT2D eigenvalue weighted by Crippen LogP contribution is -2.50. The zero-order valence-corrected chi connectivity index (χ0v) is 14.5. The summed E-state index contributed by atoms with van der Waals surface area (Å²) in [5.74, 6) is 0. The fourth-order valence-corrected chi connectivity index (χ4v) is 5.82. The minimum absolute atomic E-state index is 0.794. The number of unbranched alkanes of at least 4 members (excludes halogenated alkanes) is 3. The van der Waals surface area contributed by atoms with Gasteiger partial charge in [-0.3, -0.25) is 0 Å². The highest BCUT2D eigenvalue weighted by Crippen LogP contribution is 2.18. The topological polar surface area (TPSA) is 27.7 Å². The van der Waals surface area contributed by atoms with Crippen LogP contribution in [-0.4, -0.2) is 46.6 Å². The summed E-state index contributed by atoms with van der Waals surface area (Å²) in [5.41, 5.74) is 0. The maximum absolute atomic E-state index is 5.75. The number of hydrogen-bond acceptors (Lipinski definition) is 3. The predicted molar refractivity (Wildman–Crippen MR) is 84.2 cm³/mol. The normalized spacial score (nSPS) is 12.0. The molecule has 0 aliphatic heterocycles. The lowest BCUT2D eigenvalue weighted by molar-refractivity contribution is 0.137. The molecule has 0 aliphatic rings. The molecule has 0 aromatic carbocycles. The minimum atomic E-state index is -1.58. The van der Waals surface area contributed by atoms with Gasteiger partial charge in [-0.1, -0.05) is 38.7 Å². The molecule has 116 valence electrons. The molecular formula is C15H34O3Si. The van der Waals surface area contributed by atoms with Gasteiger partial charge in [0.05, 0.1) is 0 Å². The van der Waals surface area contributed by atoms with Crippen molar-refractivity contribution >= 4 is 8.07 Å². The molecule has 0 amide bonds. The van der Waals surface area contributed by atoms with Crippen molar-refractivity contribution in [3.05, 3.63) is 0 Å². The molecule has 19 heavy (non-hydrogen) atoms. The quantitative estimate of drug-likeness (QED) is 0.360.